The fourth-order valence-corrected chi connectivity index (χ4v) is 4.75. The molecule has 0 aliphatic heterocycles. The third kappa shape index (κ3) is 3.43. The molecule has 129 valence electrons. The van der Waals surface area contributed by atoms with Gasteiger partial charge in [0.15, 0.2) is 0 Å². The molecular formula is C19H27N4Se. The molecule has 3 aliphatic rings. The third-order valence-corrected chi connectivity index (χ3v) is 6.80. The van der Waals surface area contributed by atoms with Gasteiger partial charge >= 0.3 is 153 Å². The van der Waals surface area contributed by atoms with Crippen LogP contribution in [0.25, 0.3) is 0 Å². The SMILES string of the molecule is CC(=NNC([Se])=NCC1CC2CC(C1C)C2(C)C)c1ccccn1. The quantitative estimate of drug-likeness (QED) is 0.371. The van der Waals surface area contributed by atoms with Gasteiger partial charge in [0.05, 0.1) is 0 Å². The minimum atomic E-state index is 0.545. The maximum atomic E-state index is 4.69. The van der Waals surface area contributed by atoms with Gasteiger partial charge in [-0.3, -0.25) is 0 Å². The third-order valence-electron chi connectivity index (χ3n) is 6.34. The van der Waals surface area contributed by atoms with Crippen LogP contribution in [0.4, 0.5) is 0 Å². The van der Waals surface area contributed by atoms with Crippen molar-refractivity contribution in [1.29, 1.82) is 0 Å². The Labute approximate surface area is 153 Å². The predicted octanol–water partition coefficient (Wildman–Crippen LogP) is 3.24. The molecule has 5 heteroatoms. The van der Waals surface area contributed by atoms with Gasteiger partial charge in [0.1, 0.15) is 0 Å². The zero-order valence-corrected chi connectivity index (χ0v) is 16.7. The van der Waals surface area contributed by atoms with Gasteiger partial charge in [-0.25, -0.2) is 0 Å². The van der Waals surface area contributed by atoms with E-state index in [0.29, 0.717) is 11.3 Å². The number of hydrazone groups is 1. The number of pyridine rings is 1. The fraction of sp³-hybridized carbons (Fsp3) is 0.632. The monoisotopic (exact) mass is 391 g/mol. The van der Waals surface area contributed by atoms with Gasteiger partial charge < -0.3 is 0 Å². The van der Waals surface area contributed by atoms with Crippen LogP contribution in [0.5, 0.6) is 0 Å². The zero-order chi connectivity index (χ0) is 17.3. The number of hydrogen-bond acceptors (Lipinski definition) is 3. The molecule has 4 rings (SSSR count). The summed E-state index contributed by atoms with van der Waals surface area (Å²) in [6.07, 6.45) is 4.52. The van der Waals surface area contributed by atoms with Crippen LogP contribution >= 0.6 is 0 Å². The first kappa shape index (κ1) is 17.6. The van der Waals surface area contributed by atoms with E-state index in [0.717, 1.165) is 40.4 Å². The topological polar surface area (TPSA) is 49.6 Å². The van der Waals surface area contributed by atoms with Crippen LogP contribution in [0.3, 0.4) is 0 Å². The van der Waals surface area contributed by atoms with Crippen LogP contribution in [-0.4, -0.2) is 38.0 Å². The van der Waals surface area contributed by atoms with Gasteiger partial charge in [-0.2, -0.15) is 0 Å². The van der Waals surface area contributed by atoms with Gasteiger partial charge in [-0.1, -0.05) is 0 Å². The van der Waals surface area contributed by atoms with E-state index in [1.807, 2.05) is 25.1 Å². The predicted molar refractivity (Wildman–Crippen MR) is 100 cm³/mol. The first-order valence-electron chi connectivity index (χ1n) is 8.82. The van der Waals surface area contributed by atoms with E-state index in [1.165, 1.54) is 12.8 Å². The summed E-state index contributed by atoms with van der Waals surface area (Å²) < 4.78 is 0.760. The van der Waals surface area contributed by atoms with Crippen LogP contribution in [0.1, 0.15) is 46.2 Å². The Balaban J connectivity index is 1.54. The Bertz CT molecular complexity index is 638. The molecule has 4 nitrogen and oxygen atoms in total. The molecule has 1 N–H and O–H groups in total. The Hall–Kier alpha value is -1.19. The van der Waals surface area contributed by atoms with E-state index in [2.05, 4.69) is 57.3 Å². The molecule has 2 bridgehead atoms. The van der Waals surface area contributed by atoms with Crippen molar-refractivity contribution < 1.29 is 0 Å². The number of aromatic nitrogens is 1. The molecule has 1 aromatic heterocycles. The molecule has 1 aromatic rings. The van der Waals surface area contributed by atoms with Crippen molar-refractivity contribution in [1.82, 2.24) is 10.4 Å². The second-order valence-corrected chi connectivity index (χ2v) is 8.70. The summed E-state index contributed by atoms with van der Waals surface area (Å²) >= 11 is 2.99. The Kier molecular flexibility index (Phi) is 5.12. The van der Waals surface area contributed by atoms with Crippen LogP contribution in [0.15, 0.2) is 34.5 Å². The summed E-state index contributed by atoms with van der Waals surface area (Å²) in [7, 11) is 0. The van der Waals surface area contributed by atoms with Crippen molar-refractivity contribution in [2.24, 2.45) is 39.2 Å². The van der Waals surface area contributed by atoms with E-state index in [1.54, 1.807) is 6.20 Å². The van der Waals surface area contributed by atoms with Crippen LogP contribution in [0.2, 0.25) is 0 Å². The van der Waals surface area contributed by atoms with Crippen LogP contribution < -0.4 is 5.43 Å². The first-order chi connectivity index (χ1) is 11.4. The molecule has 3 aliphatic carbocycles. The van der Waals surface area contributed by atoms with E-state index >= 15 is 0 Å². The number of amidine groups is 1. The van der Waals surface area contributed by atoms with Gasteiger partial charge in [0, 0.05) is 0 Å². The molecule has 0 aromatic carbocycles. The van der Waals surface area contributed by atoms with Crippen molar-refractivity contribution in [3.8, 4) is 0 Å². The van der Waals surface area contributed by atoms with Gasteiger partial charge in [0.2, 0.25) is 0 Å². The average molecular weight is 390 g/mol. The standard InChI is InChI=1S/C19H27N4Se/c1-12-14(9-15-10-16(12)19(15,3)4)11-21-18(24)23-22-13(2)17-7-5-6-8-20-17/h5-8,12,14-16H,9-11H2,1-4H3,(H,21,23). The molecule has 1 radical (unpaired) electrons. The van der Waals surface area contributed by atoms with E-state index in [-0.39, 0.29) is 0 Å². The number of fused-ring (bicyclic) bond motifs is 2. The maximum absolute atomic E-state index is 4.69. The Morgan fingerprint density at radius 1 is 1.38 bits per heavy atom. The number of nitrogens with zero attached hydrogens (tertiary/aromatic N) is 3. The molecule has 3 fully saturated rings. The molecule has 0 saturated heterocycles. The van der Waals surface area contributed by atoms with Crippen LogP contribution in [-0.2, 0) is 0 Å². The van der Waals surface area contributed by atoms with Crippen molar-refractivity contribution in [2.75, 3.05) is 6.54 Å². The summed E-state index contributed by atoms with van der Waals surface area (Å²) in [5.74, 6) is 3.23. The average Bonchev–Trinajstić information content (AvgIpc) is 2.58. The summed E-state index contributed by atoms with van der Waals surface area (Å²) in [6, 6.07) is 5.82. The molecule has 0 amide bonds. The van der Waals surface area contributed by atoms with Crippen molar-refractivity contribution in [2.45, 2.75) is 40.5 Å². The Morgan fingerprint density at radius 3 is 2.79 bits per heavy atom. The van der Waals surface area contributed by atoms with Crippen molar-refractivity contribution in [3.05, 3.63) is 30.1 Å². The number of rotatable bonds is 4. The normalized spacial score (nSPS) is 32.2. The molecular weight excluding hydrogens is 363 g/mol. The summed E-state index contributed by atoms with van der Waals surface area (Å²) in [4.78, 5) is 8.98. The van der Waals surface area contributed by atoms with Gasteiger partial charge in [-0.05, 0) is 0 Å². The molecule has 0 spiro atoms. The Morgan fingerprint density at radius 2 is 2.17 bits per heavy atom. The summed E-state index contributed by atoms with van der Waals surface area (Å²) in [5, 5.41) is 4.37. The van der Waals surface area contributed by atoms with Crippen molar-refractivity contribution >= 4 is 26.5 Å². The molecule has 3 saturated carbocycles. The van der Waals surface area contributed by atoms with E-state index in [4.69, 9.17) is 0 Å². The second-order valence-electron chi connectivity index (χ2n) is 7.89. The minimum absolute atomic E-state index is 0.545. The number of hydrogen-bond donors (Lipinski definition) is 1. The fourth-order valence-electron chi connectivity index (χ4n) is 4.50. The molecule has 4 unspecified atom stereocenters. The molecule has 4 atom stereocenters. The number of aliphatic imine (C=N–C) groups is 1. The van der Waals surface area contributed by atoms with Crippen molar-refractivity contribution in [3.63, 3.8) is 0 Å². The summed E-state index contributed by atoms with van der Waals surface area (Å²) in [6.45, 7) is 10.1. The molecule has 24 heavy (non-hydrogen) atoms. The van der Waals surface area contributed by atoms with Gasteiger partial charge in [-0.15, -0.1) is 0 Å². The zero-order valence-electron chi connectivity index (χ0n) is 15.0. The number of nitrogens with one attached hydrogen (secondary N) is 1. The first-order valence-corrected chi connectivity index (χ1v) is 9.68. The second kappa shape index (κ2) is 6.97. The van der Waals surface area contributed by atoms with E-state index in [9.17, 15) is 0 Å². The van der Waals surface area contributed by atoms with E-state index < -0.39 is 0 Å². The summed E-state index contributed by atoms with van der Waals surface area (Å²) in [5.41, 5.74) is 5.29. The van der Waals surface area contributed by atoms with Crippen LogP contribution in [0, 0.1) is 29.1 Å². The van der Waals surface area contributed by atoms with Gasteiger partial charge in [0.25, 0.3) is 0 Å². The molecule has 1 heterocycles.